The molecule has 2 aliphatic rings. The summed E-state index contributed by atoms with van der Waals surface area (Å²) in [6.07, 6.45) is 7.71. The summed E-state index contributed by atoms with van der Waals surface area (Å²) in [4.78, 5) is 11.5. The molecule has 0 aromatic heterocycles. The Hall–Kier alpha value is -0.590. The fraction of sp³-hybridized carbons (Fsp3) is 0.786. The Balaban J connectivity index is 2.36. The van der Waals surface area contributed by atoms with Crippen molar-refractivity contribution in [1.29, 1.82) is 0 Å². The van der Waals surface area contributed by atoms with Crippen molar-refractivity contribution in [2.24, 2.45) is 17.3 Å². The van der Waals surface area contributed by atoms with Crippen molar-refractivity contribution < 1.29 is 4.79 Å². The highest BCUT2D eigenvalue weighted by atomic mass is 16.1. The lowest BCUT2D eigenvalue weighted by molar-refractivity contribution is -0.115. The zero-order valence-corrected chi connectivity index (χ0v) is 10.2. The third-order valence-corrected chi connectivity index (χ3v) is 4.38. The summed E-state index contributed by atoms with van der Waals surface area (Å²) in [5.74, 6) is 1.64. The van der Waals surface area contributed by atoms with E-state index in [1.165, 1.54) is 24.8 Å². The van der Waals surface area contributed by atoms with Crippen LogP contribution in [-0.4, -0.2) is 5.78 Å². The lowest BCUT2D eigenvalue weighted by atomic mass is 9.67. The Morgan fingerprint density at radius 3 is 2.80 bits per heavy atom. The molecule has 2 atom stereocenters. The number of fused-ring (bicyclic) bond motifs is 1. The number of carbonyl (C=O) groups excluding carboxylic acids is 1. The predicted octanol–water partition coefficient (Wildman–Crippen LogP) is 3.74. The Labute approximate surface area is 92.9 Å². The first kappa shape index (κ1) is 10.9. The van der Waals surface area contributed by atoms with Crippen molar-refractivity contribution in [3.8, 4) is 0 Å². The van der Waals surface area contributed by atoms with E-state index >= 15 is 0 Å². The maximum atomic E-state index is 11.5. The summed E-state index contributed by atoms with van der Waals surface area (Å²) in [6.45, 7) is 7.04. The molecule has 0 aromatic rings. The summed E-state index contributed by atoms with van der Waals surface area (Å²) in [5.41, 5.74) is 1.85. The molecule has 1 heteroatoms. The van der Waals surface area contributed by atoms with E-state index in [-0.39, 0.29) is 0 Å². The van der Waals surface area contributed by atoms with Crippen LogP contribution < -0.4 is 0 Å². The van der Waals surface area contributed by atoms with Crippen LogP contribution in [0, 0.1) is 17.3 Å². The molecule has 0 aliphatic heterocycles. The minimum absolute atomic E-state index is 0.353. The molecule has 0 saturated heterocycles. The van der Waals surface area contributed by atoms with Crippen LogP contribution >= 0.6 is 0 Å². The maximum Gasteiger partial charge on any atom is 0.155 e. The number of hydrogen-bond donors (Lipinski definition) is 0. The van der Waals surface area contributed by atoms with Gasteiger partial charge in [0.1, 0.15) is 0 Å². The van der Waals surface area contributed by atoms with Gasteiger partial charge >= 0.3 is 0 Å². The lowest BCUT2D eigenvalue weighted by Gasteiger charge is -2.37. The quantitative estimate of drug-likeness (QED) is 0.590. The van der Waals surface area contributed by atoms with Crippen LogP contribution in [0.15, 0.2) is 11.6 Å². The summed E-state index contributed by atoms with van der Waals surface area (Å²) < 4.78 is 0. The fourth-order valence-corrected chi connectivity index (χ4v) is 3.34. The fourth-order valence-electron chi connectivity index (χ4n) is 3.34. The van der Waals surface area contributed by atoms with E-state index in [1.807, 2.05) is 6.08 Å². The molecule has 2 unspecified atom stereocenters. The molecule has 0 aromatic carbocycles. The van der Waals surface area contributed by atoms with Gasteiger partial charge in [-0.1, -0.05) is 32.8 Å². The molecule has 1 fully saturated rings. The predicted molar refractivity (Wildman–Crippen MR) is 62.6 cm³/mol. The first-order chi connectivity index (χ1) is 7.00. The van der Waals surface area contributed by atoms with Crippen LogP contribution in [0.4, 0.5) is 0 Å². The van der Waals surface area contributed by atoms with Gasteiger partial charge in [-0.25, -0.2) is 0 Å². The van der Waals surface area contributed by atoms with Gasteiger partial charge in [-0.05, 0) is 42.6 Å². The van der Waals surface area contributed by atoms with E-state index in [0.29, 0.717) is 23.0 Å². The Morgan fingerprint density at radius 1 is 1.33 bits per heavy atom. The number of hydrogen-bond acceptors (Lipinski definition) is 1. The van der Waals surface area contributed by atoms with Gasteiger partial charge < -0.3 is 0 Å². The third-order valence-electron chi connectivity index (χ3n) is 4.38. The summed E-state index contributed by atoms with van der Waals surface area (Å²) in [6, 6.07) is 0. The van der Waals surface area contributed by atoms with Gasteiger partial charge in [-0.3, -0.25) is 4.79 Å². The average Bonchev–Trinajstić information content (AvgIpc) is 2.25. The van der Waals surface area contributed by atoms with Crippen molar-refractivity contribution in [2.75, 3.05) is 0 Å². The van der Waals surface area contributed by atoms with Gasteiger partial charge in [0.05, 0.1) is 0 Å². The molecule has 0 amide bonds. The number of ketones is 1. The molecule has 84 valence electrons. The summed E-state index contributed by atoms with van der Waals surface area (Å²) >= 11 is 0. The van der Waals surface area contributed by atoms with Crippen LogP contribution in [-0.2, 0) is 4.79 Å². The number of rotatable bonds is 0. The average molecular weight is 206 g/mol. The molecule has 0 radical (unpaired) electrons. The maximum absolute atomic E-state index is 11.5. The molecular formula is C14H22O. The van der Waals surface area contributed by atoms with Gasteiger partial charge in [0.25, 0.3) is 0 Å². The van der Waals surface area contributed by atoms with Gasteiger partial charge in [0.15, 0.2) is 5.78 Å². The number of allylic oxidation sites excluding steroid dienone is 2. The smallest absolute Gasteiger partial charge is 0.155 e. The highest BCUT2D eigenvalue weighted by molar-refractivity contribution is 5.91. The Bertz CT molecular complexity index is 298. The zero-order chi connectivity index (χ0) is 11.1. The first-order valence-electron chi connectivity index (χ1n) is 6.25. The second-order valence-corrected chi connectivity index (χ2v) is 5.98. The summed E-state index contributed by atoms with van der Waals surface area (Å²) in [7, 11) is 0. The lowest BCUT2D eigenvalue weighted by Crippen LogP contribution is -2.29. The standard InChI is InChI=1S/C14H22O/c1-10-5-4-8-14(2,3)13-7-6-11(15)9-12(10)13/h9-10,13H,4-8H2,1-3H3. The molecule has 0 N–H and O–H groups in total. The van der Waals surface area contributed by atoms with Crippen LogP contribution in [0.25, 0.3) is 0 Å². The molecule has 0 spiro atoms. The SMILES string of the molecule is CC1CCCC(C)(C)C2CCC(=O)C=C12. The van der Waals surface area contributed by atoms with Crippen LogP contribution in [0.3, 0.4) is 0 Å². The second kappa shape index (κ2) is 3.77. The van der Waals surface area contributed by atoms with E-state index in [1.54, 1.807) is 0 Å². The molecule has 0 heterocycles. The van der Waals surface area contributed by atoms with E-state index in [2.05, 4.69) is 20.8 Å². The molecule has 0 bridgehead atoms. The number of carbonyl (C=O) groups is 1. The van der Waals surface area contributed by atoms with Crippen molar-refractivity contribution in [2.45, 2.75) is 52.9 Å². The molecule has 1 saturated carbocycles. The van der Waals surface area contributed by atoms with E-state index < -0.39 is 0 Å². The van der Waals surface area contributed by atoms with Gasteiger partial charge in [-0.15, -0.1) is 0 Å². The van der Waals surface area contributed by atoms with Crippen LogP contribution in [0.5, 0.6) is 0 Å². The molecular weight excluding hydrogens is 184 g/mol. The zero-order valence-electron chi connectivity index (χ0n) is 10.2. The van der Waals surface area contributed by atoms with E-state index in [9.17, 15) is 4.79 Å². The van der Waals surface area contributed by atoms with Gasteiger partial charge in [-0.2, -0.15) is 0 Å². The van der Waals surface area contributed by atoms with Crippen molar-refractivity contribution in [3.05, 3.63) is 11.6 Å². The van der Waals surface area contributed by atoms with Crippen LogP contribution in [0.2, 0.25) is 0 Å². The topological polar surface area (TPSA) is 17.1 Å². The molecule has 15 heavy (non-hydrogen) atoms. The van der Waals surface area contributed by atoms with E-state index in [0.717, 1.165) is 12.8 Å². The minimum atomic E-state index is 0.353. The highest BCUT2D eigenvalue weighted by Crippen LogP contribution is 2.47. The Morgan fingerprint density at radius 2 is 2.07 bits per heavy atom. The molecule has 1 nitrogen and oxygen atoms in total. The first-order valence-corrected chi connectivity index (χ1v) is 6.25. The monoisotopic (exact) mass is 206 g/mol. The van der Waals surface area contributed by atoms with Crippen molar-refractivity contribution in [3.63, 3.8) is 0 Å². The largest absolute Gasteiger partial charge is 0.295 e. The Kier molecular flexibility index (Phi) is 2.74. The second-order valence-electron chi connectivity index (χ2n) is 5.98. The van der Waals surface area contributed by atoms with Crippen molar-refractivity contribution in [1.82, 2.24) is 0 Å². The minimum Gasteiger partial charge on any atom is -0.295 e. The van der Waals surface area contributed by atoms with Crippen LogP contribution in [0.1, 0.15) is 52.9 Å². The van der Waals surface area contributed by atoms with Crippen molar-refractivity contribution >= 4 is 5.78 Å². The van der Waals surface area contributed by atoms with E-state index in [4.69, 9.17) is 0 Å². The normalized spacial score (nSPS) is 35.4. The molecule has 2 aliphatic carbocycles. The van der Waals surface area contributed by atoms with Gasteiger partial charge in [0.2, 0.25) is 0 Å². The molecule has 2 rings (SSSR count). The summed E-state index contributed by atoms with van der Waals surface area (Å²) in [5, 5.41) is 0. The third kappa shape index (κ3) is 2.02. The van der Waals surface area contributed by atoms with Gasteiger partial charge in [0, 0.05) is 6.42 Å². The highest BCUT2D eigenvalue weighted by Gasteiger charge is 2.38.